The van der Waals surface area contributed by atoms with E-state index in [2.05, 4.69) is 47.9 Å². The molecule has 2 aromatic rings. The van der Waals surface area contributed by atoms with Crippen molar-refractivity contribution in [1.29, 1.82) is 0 Å². The lowest BCUT2D eigenvalue weighted by Gasteiger charge is -2.14. The van der Waals surface area contributed by atoms with E-state index in [9.17, 15) is 0 Å². The molecule has 3 rings (SSSR count). The van der Waals surface area contributed by atoms with Gasteiger partial charge in [-0.15, -0.1) is 0 Å². The van der Waals surface area contributed by atoms with Gasteiger partial charge in [0.2, 0.25) is 0 Å². The van der Waals surface area contributed by atoms with Crippen LogP contribution in [0, 0.1) is 0 Å². The number of para-hydroxylation sites is 1. The Hall–Kier alpha value is -1.77. The number of rotatable bonds is 2. The third-order valence-electron chi connectivity index (χ3n) is 3.75. The molecule has 0 fully saturated rings. The van der Waals surface area contributed by atoms with Crippen LogP contribution in [0.4, 0.5) is 5.82 Å². The van der Waals surface area contributed by atoms with Crippen molar-refractivity contribution in [1.82, 2.24) is 9.78 Å². The summed E-state index contributed by atoms with van der Waals surface area (Å²) in [5.74, 6) is 1.20. The molecule has 18 heavy (non-hydrogen) atoms. The lowest BCUT2D eigenvalue weighted by Crippen LogP contribution is -2.06. The first-order valence-corrected chi connectivity index (χ1v) is 6.64. The molecule has 0 saturated heterocycles. The quantitative estimate of drug-likeness (QED) is 0.878. The highest BCUT2D eigenvalue weighted by molar-refractivity contribution is 5.51. The number of nitrogen functional groups attached to an aromatic ring is 1. The minimum Gasteiger partial charge on any atom is -0.382 e. The van der Waals surface area contributed by atoms with Crippen LogP contribution in [0.15, 0.2) is 24.3 Å². The Morgan fingerprint density at radius 3 is 2.78 bits per heavy atom. The molecule has 0 amide bonds. The molecule has 1 aliphatic carbocycles. The molecule has 3 heteroatoms. The van der Waals surface area contributed by atoms with Gasteiger partial charge < -0.3 is 5.73 Å². The summed E-state index contributed by atoms with van der Waals surface area (Å²) in [5.41, 5.74) is 11.1. The van der Waals surface area contributed by atoms with E-state index in [1.165, 1.54) is 28.9 Å². The molecule has 1 aromatic carbocycles. The second-order valence-electron chi connectivity index (χ2n) is 5.29. The number of nitrogens with zero attached hydrogens (tertiary/aromatic N) is 2. The Labute approximate surface area is 108 Å². The number of hydrogen-bond donors (Lipinski definition) is 1. The number of benzene rings is 1. The molecule has 0 spiro atoms. The summed E-state index contributed by atoms with van der Waals surface area (Å²) in [7, 11) is 0. The van der Waals surface area contributed by atoms with Crippen molar-refractivity contribution in [2.75, 3.05) is 5.73 Å². The maximum absolute atomic E-state index is 6.02. The van der Waals surface area contributed by atoms with Gasteiger partial charge in [0.05, 0.1) is 5.69 Å². The maximum atomic E-state index is 6.02. The third-order valence-corrected chi connectivity index (χ3v) is 3.75. The number of fused-ring (bicyclic) bond motifs is 1. The molecule has 94 valence electrons. The molecule has 0 aliphatic heterocycles. The summed E-state index contributed by atoms with van der Waals surface area (Å²) in [4.78, 5) is 0. The summed E-state index contributed by atoms with van der Waals surface area (Å²) in [6, 6.07) is 8.48. The maximum Gasteiger partial charge on any atom is 0.149 e. The zero-order valence-corrected chi connectivity index (χ0v) is 11.0. The summed E-state index contributed by atoms with van der Waals surface area (Å²) >= 11 is 0. The Kier molecular flexibility index (Phi) is 2.62. The molecule has 1 heterocycles. The molecular formula is C15H19N3. The summed E-state index contributed by atoms with van der Waals surface area (Å²) in [6.07, 6.45) is 3.36. The van der Waals surface area contributed by atoms with E-state index in [-0.39, 0.29) is 0 Å². The van der Waals surface area contributed by atoms with Crippen molar-refractivity contribution in [2.24, 2.45) is 0 Å². The predicted molar refractivity (Wildman–Crippen MR) is 74.1 cm³/mol. The van der Waals surface area contributed by atoms with Crippen LogP contribution < -0.4 is 5.73 Å². The predicted octanol–water partition coefficient (Wildman–Crippen LogP) is 3.07. The van der Waals surface area contributed by atoms with Gasteiger partial charge in [0, 0.05) is 11.3 Å². The minimum atomic E-state index is 0.490. The fraction of sp³-hybridized carbons (Fsp3) is 0.400. The van der Waals surface area contributed by atoms with Crippen LogP contribution in [-0.4, -0.2) is 9.78 Å². The minimum absolute atomic E-state index is 0.490. The van der Waals surface area contributed by atoms with Crippen LogP contribution in [0.2, 0.25) is 0 Å². The molecule has 2 N–H and O–H groups in total. The normalized spacial score (nSPS) is 14.2. The highest BCUT2D eigenvalue weighted by atomic mass is 15.3. The fourth-order valence-electron chi connectivity index (χ4n) is 2.83. The SMILES string of the molecule is CC(C)c1ccccc1-n1nc(N)c2c1CCC2. The fourth-order valence-corrected chi connectivity index (χ4v) is 2.83. The first-order chi connectivity index (χ1) is 8.68. The zero-order chi connectivity index (χ0) is 12.7. The summed E-state index contributed by atoms with van der Waals surface area (Å²) in [5, 5.41) is 4.54. The van der Waals surface area contributed by atoms with E-state index in [1.54, 1.807) is 0 Å². The summed E-state index contributed by atoms with van der Waals surface area (Å²) < 4.78 is 2.06. The first kappa shape index (κ1) is 11.3. The van der Waals surface area contributed by atoms with Gasteiger partial charge in [-0.05, 0) is 36.8 Å². The third kappa shape index (κ3) is 1.62. The van der Waals surface area contributed by atoms with Crippen molar-refractivity contribution >= 4 is 5.82 Å². The van der Waals surface area contributed by atoms with Crippen LogP contribution in [0.1, 0.15) is 43.0 Å². The highest BCUT2D eigenvalue weighted by Gasteiger charge is 2.22. The van der Waals surface area contributed by atoms with E-state index in [0.29, 0.717) is 11.7 Å². The number of aromatic nitrogens is 2. The Morgan fingerprint density at radius 1 is 1.22 bits per heavy atom. The van der Waals surface area contributed by atoms with Crippen LogP contribution >= 0.6 is 0 Å². The van der Waals surface area contributed by atoms with E-state index in [0.717, 1.165) is 12.8 Å². The zero-order valence-electron chi connectivity index (χ0n) is 11.0. The van der Waals surface area contributed by atoms with E-state index in [1.807, 2.05) is 0 Å². The van der Waals surface area contributed by atoms with Gasteiger partial charge in [-0.25, -0.2) is 4.68 Å². The van der Waals surface area contributed by atoms with E-state index in [4.69, 9.17) is 5.73 Å². The largest absolute Gasteiger partial charge is 0.382 e. The van der Waals surface area contributed by atoms with Gasteiger partial charge in [-0.3, -0.25) is 0 Å². The molecule has 0 atom stereocenters. The van der Waals surface area contributed by atoms with Gasteiger partial charge in [0.1, 0.15) is 5.82 Å². The average Bonchev–Trinajstić information content (AvgIpc) is 2.94. The number of anilines is 1. The Morgan fingerprint density at radius 2 is 2.00 bits per heavy atom. The topological polar surface area (TPSA) is 43.8 Å². The molecule has 0 bridgehead atoms. The second-order valence-corrected chi connectivity index (χ2v) is 5.29. The molecule has 0 radical (unpaired) electrons. The van der Waals surface area contributed by atoms with Crippen molar-refractivity contribution in [3.05, 3.63) is 41.1 Å². The number of nitrogens with two attached hydrogens (primary N) is 1. The van der Waals surface area contributed by atoms with Gasteiger partial charge in [-0.1, -0.05) is 32.0 Å². The monoisotopic (exact) mass is 241 g/mol. The molecule has 0 unspecified atom stereocenters. The molecular weight excluding hydrogens is 222 g/mol. The van der Waals surface area contributed by atoms with Crippen molar-refractivity contribution < 1.29 is 0 Å². The van der Waals surface area contributed by atoms with Crippen molar-refractivity contribution in [2.45, 2.75) is 39.0 Å². The first-order valence-electron chi connectivity index (χ1n) is 6.64. The van der Waals surface area contributed by atoms with Gasteiger partial charge in [0.25, 0.3) is 0 Å². The Bertz CT molecular complexity index is 581. The molecule has 1 aliphatic rings. The van der Waals surface area contributed by atoms with E-state index >= 15 is 0 Å². The van der Waals surface area contributed by atoms with Gasteiger partial charge >= 0.3 is 0 Å². The van der Waals surface area contributed by atoms with Gasteiger partial charge in [0.15, 0.2) is 0 Å². The lowest BCUT2D eigenvalue weighted by atomic mass is 10.0. The Balaban J connectivity index is 2.19. The lowest BCUT2D eigenvalue weighted by molar-refractivity contribution is 0.763. The molecule has 3 nitrogen and oxygen atoms in total. The molecule has 0 saturated carbocycles. The second kappa shape index (κ2) is 4.16. The number of hydrogen-bond acceptors (Lipinski definition) is 2. The smallest absolute Gasteiger partial charge is 0.149 e. The average molecular weight is 241 g/mol. The summed E-state index contributed by atoms with van der Waals surface area (Å²) in [6.45, 7) is 4.43. The van der Waals surface area contributed by atoms with Crippen LogP contribution in [0.25, 0.3) is 5.69 Å². The van der Waals surface area contributed by atoms with Crippen molar-refractivity contribution in [3.63, 3.8) is 0 Å². The van der Waals surface area contributed by atoms with Gasteiger partial charge in [-0.2, -0.15) is 5.10 Å². The van der Waals surface area contributed by atoms with Crippen LogP contribution in [0.5, 0.6) is 0 Å². The standard InChI is InChI=1S/C15H19N3/c1-10(2)11-6-3-4-8-13(11)18-14-9-5-7-12(14)15(16)17-18/h3-4,6,8,10H,5,7,9H2,1-2H3,(H2,16,17). The van der Waals surface area contributed by atoms with E-state index < -0.39 is 0 Å². The van der Waals surface area contributed by atoms with Crippen molar-refractivity contribution in [3.8, 4) is 5.69 Å². The highest BCUT2D eigenvalue weighted by Crippen LogP contribution is 2.31. The molecule has 1 aromatic heterocycles. The van der Waals surface area contributed by atoms with Crippen LogP contribution in [-0.2, 0) is 12.8 Å². The van der Waals surface area contributed by atoms with Crippen LogP contribution in [0.3, 0.4) is 0 Å².